The van der Waals surface area contributed by atoms with E-state index in [1.54, 1.807) is 0 Å². The summed E-state index contributed by atoms with van der Waals surface area (Å²) in [6, 6.07) is 23.4. The second-order valence-electron chi connectivity index (χ2n) is 7.43. The number of benzene rings is 2. The first kappa shape index (κ1) is 19.8. The normalized spacial score (nSPS) is 22.6. The molecular weight excluding hydrogens is 352 g/mol. The fraction of sp³-hybridized carbons (Fsp3) is 0.435. The van der Waals surface area contributed by atoms with Gasteiger partial charge < -0.3 is 9.47 Å². The van der Waals surface area contributed by atoms with Crippen LogP contribution in [0.3, 0.4) is 0 Å². The molecule has 2 aromatic carbocycles. The first-order valence-electron chi connectivity index (χ1n) is 10.1. The number of carbonyl (C=O) groups is 1. The quantitative estimate of drug-likeness (QED) is 0.431. The van der Waals surface area contributed by atoms with Crippen molar-refractivity contribution in [2.75, 3.05) is 0 Å². The van der Waals surface area contributed by atoms with Gasteiger partial charge in [0.2, 0.25) is 0 Å². The average molecular weight is 383 g/mol. The lowest BCUT2D eigenvalue weighted by molar-refractivity contribution is -0.142. The highest BCUT2D eigenvalue weighted by Gasteiger charge is 2.55. The summed E-state index contributed by atoms with van der Waals surface area (Å²) in [5.41, 5.74) is 2.04. The molecule has 0 saturated carbocycles. The third-order valence-electron chi connectivity index (χ3n) is 6.31. The summed E-state index contributed by atoms with van der Waals surface area (Å²) in [6.07, 6.45) is -0.532. The molecule has 144 valence electrons. The molecule has 0 aromatic heterocycles. The van der Waals surface area contributed by atoms with Crippen molar-refractivity contribution in [3.05, 3.63) is 71.8 Å². The fourth-order valence-corrected chi connectivity index (χ4v) is 8.79. The standard InChI is InChI=1S/C23H30O3Si/c1-4-27(5-2,6-3)22-21(25-17-18-13-9-7-10-14-18)20(26-23(22)24)19-15-11-8-12-16-19/h7-16,20-22H,4-6,17H2,1-3H3/t20-,21-,22+/m0/s1. The van der Waals surface area contributed by atoms with Crippen LogP contribution in [0.4, 0.5) is 0 Å². The number of hydrogen-bond acceptors (Lipinski definition) is 3. The summed E-state index contributed by atoms with van der Waals surface area (Å²) in [6.45, 7) is 7.20. The van der Waals surface area contributed by atoms with Crippen LogP contribution in [0.25, 0.3) is 0 Å². The van der Waals surface area contributed by atoms with E-state index >= 15 is 0 Å². The van der Waals surface area contributed by atoms with E-state index < -0.39 is 8.07 Å². The van der Waals surface area contributed by atoms with E-state index in [1.807, 2.05) is 48.5 Å². The summed E-state index contributed by atoms with van der Waals surface area (Å²) in [5, 5.41) is 0. The van der Waals surface area contributed by atoms with E-state index in [2.05, 4.69) is 32.9 Å². The monoisotopic (exact) mass is 382 g/mol. The van der Waals surface area contributed by atoms with Crippen LogP contribution in [0.2, 0.25) is 23.7 Å². The third-order valence-corrected chi connectivity index (χ3v) is 12.4. The van der Waals surface area contributed by atoms with Gasteiger partial charge in [0, 0.05) is 0 Å². The van der Waals surface area contributed by atoms with Gasteiger partial charge in [-0.05, 0) is 11.1 Å². The molecule has 0 N–H and O–H groups in total. The molecule has 0 bridgehead atoms. The van der Waals surface area contributed by atoms with E-state index in [0.29, 0.717) is 6.61 Å². The highest BCUT2D eigenvalue weighted by molar-refractivity contribution is 6.84. The molecule has 0 amide bonds. The fourth-order valence-electron chi connectivity index (χ4n) is 4.43. The lowest BCUT2D eigenvalue weighted by atomic mass is 10.0. The highest BCUT2D eigenvalue weighted by atomic mass is 28.3. The van der Waals surface area contributed by atoms with Gasteiger partial charge in [0.1, 0.15) is 6.10 Å². The Bertz CT molecular complexity index is 720. The summed E-state index contributed by atoms with van der Waals surface area (Å²) >= 11 is 0. The minimum atomic E-state index is -1.82. The molecule has 3 atom stereocenters. The van der Waals surface area contributed by atoms with Gasteiger partial charge in [-0.15, -0.1) is 0 Å². The van der Waals surface area contributed by atoms with Crippen LogP contribution in [-0.2, 0) is 20.9 Å². The molecule has 4 heteroatoms. The van der Waals surface area contributed by atoms with Gasteiger partial charge in [-0.2, -0.15) is 0 Å². The smallest absolute Gasteiger partial charge is 0.309 e. The van der Waals surface area contributed by atoms with Crippen molar-refractivity contribution in [1.82, 2.24) is 0 Å². The Morgan fingerprint density at radius 1 is 0.889 bits per heavy atom. The number of carbonyl (C=O) groups excluding carboxylic acids is 1. The van der Waals surface area contributed by atoms with Crippen LogP contribution in [0, 0.1) is 0 Å². The maximum absolute atomic E-state index is 13.0. The zero-order valence-electron chi connectivity index (χ0n) is 16.6. The summed E-state index contributed by atoms with van der Waals surface area (Å²) in [5.74, 6) is -0.0564. The number of rotatable bonds is 8. The highest BCUT2D eigenvalue weighted by Crippen LogP contribution is 2.48. The van der Waals surface area contributed by atoms with Crippen LogP contribution in [0.1, 0.15) is 38.0 Å². The molecular formula is C23H30O3Si. The Morgan fingerprint density at radius 3 is 2.00 bits per heavy atom. The lowest BCUT2D eigenvalue weighted by Crippen LogP contribution is -2.45. The largest absolute Gasteiger partial charge is 0.455 e. The van der Waals surface area contributed by atoms with E-state index in [-0.39, 0.29) is 23.7 Å². The van der Waals surface area contributed by atoms with Crippen molar-refractivity contribution >= 4 is 14.0 Å². The van der Waals surface area contributed by atoms with Crippen molar-refractivity contribution in [2.24, 2.45) is 0 Å². The molecule has 1 aliphatic heterocycles. The van der Waals surface area contributed by atoms with E-state index in [9.17, 15) is 4.79 Å². The molecule has 0 unspecified atom stereocenters. The summed E-state index contributed by atoms with van der Waals surface area (Å²) in [7, 11) is -1.82. The lowest BCUT2D eigenvalue weighted by Gasteiger charge is -2.36. The van der Waals surface area contributed by atoms with Crippen molar-refractivity contribution in [3.8, 4) is 0 Å². The molecule has 3 nitrogen and oxygen atoms in total. The van der Waals surface area contributed by atoms with E-state index in [1.165, 1.54) is 0 Å². The van der Waals surface area contributed by atoms with Gasteiger partial charge in [0.05, 0.1) is 20.2 Å². The van der Waals surface area contributed by atoms with Gasteiger partial charge >= 0.3 is 5.97 Å². The minimum Gasteiger partial charge on any atom is -0.455 e. The maximum Gasteiger partial charge on any atom is 0.309 e. The topological polar surface area (TPSA) is 35.5 Å². The van der Waals surface area contributed by atoms with E-state index in [0.717, 1.165) is 29.3 Å². The first-order chi connectivity index (χ1) is 13.1. The predicted molar refractivity (Wildman–Crippen MR) is 111 cm³/mol. The van der Waals surface area contributed by atoms with Crippen molar-refractivity contribution in [3.63, 3.8) is 0 Å². The summed E-state index contributed by atoms with van der Waals surface area (Å²) in [4.78, 5) is 13.0. The Morgan fingerprint density at radius 2 is 1.44 bits per heavy atom. The average Bonchev–Trinajstić information content (AvgIpc) is 3.07. The van der Waals surface area contributed by atoms with E-state index in [4.69, 9.17) is 9.47 Å². The van der Waals surface area contributed by atoms with Gasteiger partial charge in [0.15, 0.2) is 6.10 Å². The van der Waals surface area contributed by atoms with Gasteiger partial charge in [-0.25, -0.2) is 0 Å². The second-order valence-corrected chi connectivity index (χ2v) is 12.9. The Balaban J connectivity index is 1.93. The number of esters is 1. The molecule has 1 heterocycles. The number of hydrogen-bond donors (Lipinski definition) is 0. The molecule has 0 aliphatic carbocycles. The predicted octanol–water partition coefficient (Wildman–Crippen LogP) is 5.75. The Hall–Kier alpha value is -1.91. The van der Waals surface area contributed by atoms with Crippen molar-refractivity contribution in [2.45, 2.75) is 63.3 Å². The van der Waals surface area contributed by atoms with Crippen LogP contribution in [0.15, 0.2) is 60.7 Å². The molecule has 0 spiro atoms. The van der Waals surface area contributed by atoms with Gasteiger partial charge in [-0.3, -0.25) is 4.79 Å². The first-order valence-corrected chi connectivity index (χ1v) is 12.8. The minimum absolute atomic E-state index is 0.0564. The second kappa shape index (κ2) is 8.85. The number of cyclic esters (lactones) is 1. The zero-order chi connectivity index (χ0) is 19.3. The Labute approximate surface area is 163 Å². The molecule has 3 rings (SSSR count). The molecule has 1 saturated heterocycles. The SMILES string of the molecule is CC[Si](CC)(CC)[C@H]1C(=O)O[C@@H](c2ccccc2)[C@@H]1OCc1ccccc1. The van der Waals surface area contributed by atoms with Gasteiger partial charge in [0.25, 0.3) is 0 Å². The summed E-state index contributed by atoms with van der Waals surface area (Å²) < 4.78 is 12.4. The van der Waals surface area contributed by atoms with Crippen LogP contribution in [-0.4, -0.2) is 20.1 Å². The molecule has 2 aromatic rings. The van der Waals surface area contributed by atoms with Crippen LogP contribution in [0.5, 0.6) is 0 Å². The number of ether oxygens (including phenoxy) is 2. The molecule has 27 heavy (non-hydrogen) atoms. The van der Waals surface area contributed by atoms with Crippen LogP contribution < -0.4 is 0 Å². The zero-order valence-corrected chi connectivity index (χ0v) is 17.6. The molecule has 1 fully saturated rings. The van der Waals surface area contributed by atoms with Crippen molar-refractivity contribution in [1.29, 1.82) is 0 Å². The van der Waals surface area contributed by atoms with Gasteiger partial charge in [-0.1, -0.05) is 99.6 Å². The molecule has 1 aliphatic rings. The van der Waals surface area contributed by atoms with Crippen LogP contribution >= 0.6 is 0 Å². The van der Waals surface area contributed by atoms with Crippen molar-refractivity contribution < 1.29 is 14.3 Å². The third kappa shape index (κ3) is 4.02. The maximum atomic E-state index is 13.0. The molecule has 0 radical (unpaired) electrons. The Kier molecular flexibility index (Phi) is 6.50.